The molecule has 7 heteroatoms. The minimum Gasteiger partial charge on any atom is -0.466 e. The Hall–Kier alpha value is -2.28. The highest BCUT2D eigenvalue weighted by molar-refractivity contribution is 7.92. The van der Waals surface area contributed by atoms with Crippen LogP contribution in [0.5, 0.6) is 0 Å². The number of furan rings is 1. The number of amides is 1. The van der Waals surface area contributed by atoms with Crippen molar-refractivity contribution in [3.8, 4) is 0 Å². The van der Waals surface area contributed by atoms with E-state index in [2.05, 4.69) is 19.2 Å². The number of benzene rings is 1. The molecule has 28 heavy (non-hydrogen) atoms. The predicted molar refractivity (Wildman–Crippen MR) is 108 cm³/mol. The van der Waals surface area contributed by atoms with Crippen LogP contribution in [0.2, 0.25) is 0 Å². The van der Waals surface area contributed by atoms with Crippen LogP contribution in [-0.2, 0) is 22.9 Å². The lowest BCUT2D eigenvalue weighted by molar-refractivity contribution is 0.0917. The molecule has 0 saturated carbocycles. The van der Waals surface area contributed by atoms with E-state index in [4.69, 9.17) is 4.42 Å². The van der Waals surface area contributed by atoms with Crippen molar-refractivity contribution in [1.82, 2.24) is 5.32 Å². The van der Waals surface area contributed by atoms with E-state index in [1.807, 2.05) is 19.1 Å². The molecule has 1 atom stereocenters. The topological polar surface area (TPSA) is 79.6 Å². The monoisotopic (exact) mass is 402 g/mol. The molecular formula is C21H26N2O4S. The van der Waals surface area contributed by atoms with Crippen molar-refractivity contribution in [1.29, 1.82) is 0 Å². The first-order chi connectivity index (χ1) is 13.0. The van der Waals surface area contributed by atoms with Crippen molar-refractivity contribution in [2.45, 2.75) is 46.1 Å². The van der Waals surface area contributed by atoms with E-state index >= 15 is 0 Å². The predicted octanol–water partition coefficient (Wildman–Crippen LogP) is 3.35. The zero-order valence-electron chi connectivity index (χ0n) is 16.7. The largest absolute Gasteiger partial charge is 0.466 e. The number of nitrogens with one attached hydrogen (secondary N) is 1. The summed E-state index contributed by atoms with van der Waals surface area (Å²) in [6.07, 6.45) is 3.53. The normalized spacial score (nSPS) is 20.6. The summed E-state index contributed by atoms with van der Waals surface area (Å²) in [7, 11) is -3.29. The van der Waals surface area contributed by atoms with Crippen molar-refractivity contribution in [3.63, 3.8) is 0 Å². The Balaban J connectivity index is 1.58. The number of carbonyl (C=O) groups is 1. The van der Waals surface area contributed by atoms with Crippen LogP contribution in [0.1, 0.15) is 59.3 Å². The maximum Gasteiger partial charge on any atom is 0.251 e. The fourth-order valence-electron chi connectivity index (χ4n) is 4.41. The van der Waals surface area contributed by atoms with E-state index in [0.29, 0.717) is 24.2 Å². The summed E-state index contributed by atoms with van der Waals surface area (Å²) in [5, 5.41) is 3.16. The van der Waals surface area contributed by atoms with E-state index < -0.39 is 10.0 Å². The van der Waals surface area contributed by atoms with Gasteiger partial charge in [0.2, 0.25) is 10.0 Å². The Bertz CT molecular complexity index is 1050. The first-order valence-electron chi connectivity index (χ1n) is 9.54. The average Bonchev–Trinajstić information content (AvgIpc) is 3.15. The standard InChI is InChI=1S/C21H26N2O4S/c1-13-9-16-17(11-21(2,3)12-19(16)27-13)22-20(24)15-5-6-18-14(10-15)7-8-23(18)28(4,25)26/h5-6,9-10,17H,7-8,11-12H2,1-4H3,(H,22,24)/t17-/m1/s1. The Kier molecular flexibility index (Phi) is 4.34. The second-order valence-electron chi connectivity index (χ2n) is 8.74. The number of hydrogen-bond acceptors (Lipinski definition) is 4. The number of aryl methyl sites for hydroxylation is 1. The van der Waals surface area contributed by atoms with Crippen LogP contribution in [0.3, 0.4) is 0 Å². The SMILES string of the molecule is Cc1cc2c(o1)CC(C)(C)C[C@H]2NC(=O)c1ccc2c(c1)CCN2S(C)(=O)=O. The highest BCUT2D eigenvalue weighted by Crippen LogP contribution is 2.42. The van der Waals surface area contributed by atoms with Gasteiger partial charge in [-0.05, 0) is 55.0 Å². The van der Waals surface area contributed by atoms with E-state index in [1.54, 1.807) is 12.1 Å². The van der Waals surface area contributed by atoms with Gasteiger partial charge in [-0.1, -0.05) is 13.8 Å². The van der Waals surface area contributed by atoms with Gasteiger partial charge in [0.15, 0.2) is 0 Å². The molecule has 0 fully saturated rings. The highest BCUT2D eigenvalue weighted by Gasteiger charge is 2.36. The summed E-state index contributed by atoms with van der Waals surface area (Å²) >= 11 is 0. The lowest BCUT2D eigenvalue weighted by atomic mass is 9.74. The number of hydrogen-bond donors (Lipinski definition) is 1. The molecule has 2 aliphatic rings. The molecule has 0 spiro atoms. The van der Waals surface area contributed by atoms with Gasteiger partial charge in [-0.25, -0.2) is 8.42 Å². The van der Waals surface area contributed by atoms with Crippen LogP contribution < -0.4 is 9.62 Å². The van der Waals surface area contributed by atoms with Crippen molar-refractivity contribution in [2.75, 3.05) is 17.1 Å². The van der Waals surface area contributed by atoms with Crippen LogP contribution in [0, 0.1) is 12.3 Å². The summed E-state index contributed by atoms with van der Waals surface area (Å²) in [6.45, 7) is 6.72. The average molecular weight is 403 g/mol. The van der Waals surface area contributed by atoms with E-state index in [1.165, 1.54) is 10.6 Å². The van der Waals surface area contributed by atoms with Gasteiger partial charge in [-0.3, -0.25) is 9.10 Å². The molecule has 1 N–H and O–H groups in total. The second-order valence-corrected chi connectivity index (χ2v) is 10.6. The molecule has 1 aliphatic heterocycles. The summed E-state index contributed by atoms with van der Waals surface area (Å²) in [5.41, 5.74) is 3.23. The minimum absolute atomic E-state index is 0.0448. The molecule has 0 unspecified atom stereocenters. The summed E-state index contributed by atoms with van der Waals surface area (Å²) in [5.74, 6) is 1.67. The Morgan fingerprint density at radius 2 is 2.04 bits per heavy atom. The highest BCUT2D eigenvalue weighted by atomic mass is 32.2. The Morgan fingerprint density at radius 3 is 2.75 bits per heavy atom. The molecule has 1 aliphatic carbocycles. The molecule has 1 aromatic carbocycles. The molecular weight excluding hydrogens is 376 g/mol. The molecule has 1 aromatic heterocycles. The summed E-state index contributed by atoms with van der Waals surface area (Å²) in [4.78, 5) is 12.9. The van der Waals surface area contributed by atoms with Crippen LogP contribution in [0.25, 0.3) is 0 Å². The molecule has 150 valence electrons. The maximum atomic E-state index is 12.9. The molecule has 4 rings (SSSR count). The van der Waals surface area contributed by atoms with Gasteiger partial charge in [0.25, 0.3) is 5.91 Å². The van der Waals surface area contributed by atoms with Crippen LogP contribution in [-0.4, -0.2) is 27.1 Å². The zero-order chi connectivity index (χ0) is 20.3. The van der Waals surface area contributed by atoms with Crippen LogP contribution in [0.4, 0.5) is 5.69 Å². The van der Waals surface area contributed by atoms with Gasteiger partial charge >= 0.3 is 0 Å². The first-order valence-corrected chi connectivity index (χ1v) is 11.4. The third kappa shape index (κ3) is 3.43. The fourth-order valence-corrected chi connectivity index (χ4v) is 5.37. The minimum atomic E-state index is -3.29. The van der Waals surface area contributed by atoms with Gasteiger partial charge < -0.3 is 9.73 Å². The maximum absolute atomic E-state index is 12.9. The van der Waals surface area contributed by atoms with E-state index in [-0.39, 0.29) is 17.4 Å². The zero-order valence-corrected chi connectivity index (χ0v) is 17.5. The number of sulfonamides is 1. The van der Waals surface area contributed by atoms with Gasteiger partial charge in [-0.15, -0.1) is 0 Å². The smallest absolute Gasteiger partial charge is 0.251 e. The summed E-state index contributed by atoms with van der Waals surface area (Å²) in [6, 6.07) is 7.17. The molecule has 1 amide bonds. The third-order valence-electron chi connectivity index (χ3n) is 5.64. The van der Waals surface area contributed by atoms with Crippen molar-refractivity contribution >= 4 is 21.6 Å². The summed E-state index contributed by atoms with van der Waals surface area (Å²) < 4.78 is 31.0. The number of anilines is 1. The second kappa shape index (κ2) is 6.37. The first kappa shape index (κ1) is 19.1. The number of rotatable bonds is 3. The molecule has 0 bridgehead atoms. The molecule has 2 aromatic rings. The van der Waals surface area contributed by atoms with Crippen molar-refractivity contribution < 1.29 is 17.6 Å². The van der Waals surface area contributed by atoms with E-state index in [9.17, 15) is 13.2 Å². The number of fused-ring (bicyclic) bond motifs is 2. The Morgan fingerprint density at radius 1 is 1.29 bits per heavy atom. The molecule has 0 saturated heterocycles. The van der Waals surface area contributed by atoms with Gasteiger partial charge in [0, 0.05) is 24.1 Å². The Labute approximate surface area is 166 Å². The fraction of sp³-hybridized carbons (Fsp3) is 0.476. The van der Waals surface area contributed by atoms with E-state index in [0.717, 1.165) is 35.5 Å². The van der Waals surface area contributed by atoms with Gasteiger partial charge in [-0.2, -0.15) is 0 Å². The van der Waals surface area contributed by atoms with Crippen LogP contribution >= 0.6 is 0 Å². The molecule has 6 nitrogen and oxygen atoms in total. The van der Waals surface area contributed by atoms with Gasteiger partial charge in [0.1, 0.15) is 11.5 Å². The van der Waals surface area contributed by atoms with Crippen molar-refractivity contribution in [3.05, 3.63) is 52.5 Å². The van der Waals surface area contributed by atoms with Crippen LogP contribution in [0.15, 0.2) is 28.7 Å². The molecule has 2 heterocycles. The number of nitrogens with zero attached hydrogens (tertiary/aromatic N) is 1. The quantitative estimate of drug-likeness (QED) is 0.854. The lowest BCUT2D eigenvalue weighted by Gasteiger charge is -2.34. The lowest BCUT2D eigenvalue weighted by Crippen LogP contribution is -2.36. The van der Waals surface area contributed by atoms with Gasteiger partial charge in [0.05, 0.1) is 18.0 Å². The number of carbonyl (C=O) groups excluding carboxylic acids is 1. The molecule has 0 radical (unpaired) electrons. The van der Waals surface area contributed by atoms with Crippen molar-refractivity contribution in [2.24, 2.45) is 5.41 Å². The third-order valence-corrected chi connectivity index (χ3v) is 6.82.